The Morgan fingerprint density at radius 1 is 1.32 bits per heavy atom. The van der Waals surface area contributed by atoms with Gasteiger partial charge in [0.15, 0.2) is 0 Å². The van der Waals surface area contributed by atoms with Gasteiger partial charge in [-0.3, -0.25) is 0 Å². The maximum Gasteiger partial charge on any atom is 0.122 e. The lowest BCUT2D eigenvalue weighted by molar-refractivity contribution is 0.357. The fourth-order valence-corrected chi connectivity index (χ4v) is 3.58. The van der Waals surface area contributed by atoms with E-state index in [2.05, 4.69) is 30.4 Å². The predicted molar refractivity (Wildman–Crippen MR) is 78.8 cm³/mol. The average molecular weight is 259 g/mol. The summed E-state index contributed by atoms with van der Waals surface area (Å²) in [5.74, 6) is 2.03. The number of rotatable bonds is 5. The third-order valence-corrected chi connectivity index (χ3v) is 4.63. The van der Waals surface area contributed by atoms with Crippen molar-refractivity contribution < 1.29 is 4.74 Å². The molecule has 1 N–H and O–H groups in total. The Hall–Kier alpha value is -1.02. The Labute approximate surface area is 116 Å². The highest BCUT2D eigenvalue weighted by Crippen LogP contribution is 2.31. The quantitative estimate of drug-likeness (QED) is 0.875. The Morgan fingerprint density at radius 3 is 3.16 bits per heavy atom. The van der Waals surface area contributed by atoms with E-state index >= 15 is 0 Å². The summed E-state index contributed by atoms with van der Waals surface area (Å²) in [6.45, 7) is 4.19. The van der Waals surface area contributed by atoms with Gasteiger partial charge in [-0.2, -0.15) is 0 Å². The fourth-order valence-electron chi connectivity index (χ4n) is 3.58. The number of benzene rings is 1. The third-order valence-electron chi connectivity index (χ3n) is 4.63. The molecule has 1 aliphatic carbocycles. The van der Waals surface area contributed by atoms with Gasteiger partial charge in [0.1, 0.15) is 5.75 Å². The highest BCUT2D eigenvalue weighted by atomic mass is 16.5. The Kier molecular flexibility index (Phi) is 4.07. The summed E-state index contributed by atoms with van der Waals surface area (Å²) in [6, 6.07) is 7.55. The first-order chi connectivity index (χ1) is 9.35. The van der Waals surface area contributed by atoms with Crippen LogP contribution in [0.1, 0.15) is 43.7 Å². The van der Waals surface area contributed by atoms with E-state index < -0.39 is 0 Å². The third kappa shape index (κ3) is 3.11. The van der Waals surface area contributed by atoms with Crippen molar-refractivity contribution in [3.05, 3.63) is 29.3 Å². The second kappa shape index (κ2) is 5.96. The van der Waals surface area contributed by atoms with Gasteiger partial charge in [-0.25, -0.2) is 0 Å². The van der Waals surface area contributed by atoms with Crippen LogP contribution < -0.4 is 10.1 Å². The van der Waals surface area contributed by atoms with Crippen molar-refractivity contribution in [2.75, 3.05) is 13.2 Å². The summed E-state index contributed by atoms with van der Waals surface area (Å²) in [4.78, 5) is 0. The molecule has 1 aromatic rings. The van der Waals surface area contributed by atoms with E-state index in [4.69, 9.17) is 4.74 Å². The molecule has 2 unspecified atom stereocenters. The minimum absolute atomic E-state index is 0.781. The highest BCUT2D eigenvalue weighted by molar-refractivity contribution is 5.39. The summed E-state index contributed by atoms with van der Waals surface area (Å²) in [7, 11) is 0. The number of ether oxygens (including phenoxy) is 1. The molecule has 1 aromatic carbocycles. The first-order valence-corrected chi connectivity index (χ1v) is 7.83. The van der Waals surface area contributed by atoms with Gasteiger partial charge >= 0.3 is 0 Å². The molecule has 0 amide bonds. The topological polar surface area (TPSA) is 21.3 Å². The van der Waals surface area contributed by atoms with Crippen LogP contribution in [0.25, 0.3) is 0 Å². The molecule has 0 radical (unpaired) electrons. The van der Waals surface area contributed by atoms with Gasteiger partial charge in [0.05, 0.1) is 6.61 Å². The van der Waals surface area contributed by atoms with Gasteiger partial charge in [0.25, 0.3) is 0 Å². The zero-order valence-electron chi connectivity index (χ0n) is 12.0. The number of aryl methyl sites for hydroxylation is 1. The van der Waals surface area contributed by atoms with Crippen LogP contribution in [0.2, 0.25) is 0 Å². The molecule has 2 aliphatic rings. The van der Waals surface area contributed by atoms with Crippen LogP contribution in [-0.2, 0) is 12.8 Å². The van der Waals surface area contributed by atoms with Gasteiger partial charge in [0, 0.05) is 12.5 Å². The van der Waals surface area contributed by atoms with E-state index in [1.807, 2.05) is 0 Å². The minimum Gasteiger partial charge on any atom is -0.493 e. The van der Waals surface area contributed by atoms with Crippen LogP contribution >= 0.6 is 0 Å². The second-order valence-electron chi connectivity index (χ2n) is 6.01. The highest BCUT2D eigenvalue weighted by Gasteiger charge is 2.23. The zero-order chi connectivity index (χ0) is 13.1. The normalized spacial score (nSPS) is 25.3. The van der Waals surface area contributed by atoms with Crippen molar-refractivity contribution >= 4 is 0 Å². The van der Waals surface area contributed by atoms with Gasteiger partial charge < -0.3 is 10.1 Å². The summed E-state index contributed by atoms with van der Waals surface area (Å²) in [5.41, 5.74) is 2.91. The molecule has 1 saturated carbocycles. The monoisotopic (exact) mass is 259 g/mol. The molecule has 2 nitrogen and oxygen atoms in total. The smallest absolute Gasteiger partial charge is 0.122 e. The fraction of sp³-hybridized carbons (Fsp3) is 0.647. The Morgan fingerprint density at radius 2 is 2.26 bits per heavy atom. The van der Waals surface area contributed by atoms with Crippen LogP contribution in [0, 0.1) is 5.92 Å². The van der Waals surface area contributed by atoms with E-state index in [0.717, 1.165) is 37.3 Å². The molecule has 2 heteroatoms. The number of hydrogen-bond donors (Lipinski definition) is 1. The first kappa shape index (κ1) is 13.0. The number of hydrogen-bond acceptors (Lipinski definition) is 2. The van der Waals surface area contributed by atoms with Crippen LogP contribution in [-0.4, -0.2) is 19.2 Å². The van der Waals surface area contributed by atoms with Gasteiger partial charge in [0.2, 0.25) is 0 Å². The number of fused-ring (bicyclic) bond motifs is 1. The van der Waals surface area contributed by atoms with Crippen molar-refractivity contribution in [1.82, 2.24) is 5.32 Å². The predicted octanol–water partition coefficient (Wildman–Crippen LogP) is 3.33. The van der Waals surface area contributed by atoms with E-state index in [1.54, 1.807) is 0 Å². The van der Waals surface area contributed by atoms with Gasteiger partial charge in [-0.05, 0) is 61.8 Å². The summed E-state index contributed by atoms with van der Waals surface area (Å²) in [5, 5.41) is 3.59. The molecule has 2 atom stereocenters. The Balaban J connectivity index is 1.50. The standard InChI is InChI=1S/C17H25NO/c1-2-18-16-7-5-14(12-16)4-3-13-6-8-17-15(11-13)9-10-19-17/h6,8,11,14,16,18H,2-5,7,9-10,12H2,1H3. The van der Waals surface area contributed by atoms with E-state index in [9.17, 15) is 0 Å². The zero-order valence-corrected chi connectivity index (χ0v) is 12.0. The molecular formula is C17H25NO. The SMILES string of the molecule is CCNC1CCC(CCc2ccc3c(c2)CCO3)C1. The molecule has 1 aliphatic heterocycles. The molecule has 0 saturated heterocycles. The minimum atomic E-state index is 0.781. The van der Waals surface area contributed by atoms with E-state index in [-0.39, 0.29) is 0 Å². The first-order valence-electron chi connectivity index (χ1n) is 7.83. The maximum atomic E-state index is 5.56. The van der Waals surface area contributed by atoms with Gasteiger partial charge in [-0.1, -0.05) is 19.1 Å². The lowest BCUT2D eigenvalue weighted by Gasteiger charge is -2.12. The molecule has 3 rings (SSSR count). The van der Waals surface area contributed by atoms with Crippen molar-refractivity contribution in [1.29, 1.82) is 0 Å². The second-order valence-corrected chi connectivity index (χ2v) is 6.01. The molecule has 104 valence electrons. The van der Waals surface area contributed by atoms with Crippen LogP contribution in [0.15, 0.2) is 18.2 Å². The molecule has 1 heterocycles. The molecule has 19 heavy (non-hydrogen) atoms. The van der Waals surface area contributed by atoms with Crippen molar-refractivity contribution in [2.24, 2.45) is 5.92 Å². The summed E-state index contributed by atoms with van der Waals surface area (Å²) in [6.07, 6.45) is 7.83. The lowest BCUT2D eigenvalue weighted by atomic mass is 9.96. The average Bonchev–Trinajstić information content (AvgIpc) is 3.04. The molecular weight excluding hydrogens is 234 g/mol. The summed E-state index contributed by atoms with van der Waals surface area (Å²) < 4.78 is 5.56. The van der Waals surface area contributed by atoms with E-state index in [1.165, 1.54) is 43.2 Å². The molecule has 0 aromatic heterocycles. The molecule has 0 spiro atoms. The van der Waals surface area contributed by atoms with Crippen molar-refractivity contribution in [3.8, 4) is 5.75 Å². The van der Waals surface area contributed by atoms with Crippen LogP contribution in [0.5, 0.6) is 5.75 Å². The lowest BCUT2D eigenvalue weighted by Crippen LogP contribution is -2.25. The molecule has 1 fully saturated rings. The number of nitrogens with one attached hydrogen (secondary N) is 1. The summed E-state index contributed by atoms with van der Waals surface area (Å²) >= 11 is 0. The van der Waals surface area contributed by atoms with Gasteiger partial charge in [-0.15, -0.1) is 0 Å². The van der Waals surface area contributed by atoms with Crippen LogP contribution in [0.4, 0.5) is 0 Å². The Bertz CT molecular complexity index is 429. The van der Waals surface area contributed by atoms with Crippen molar-refractivity contribution in [2.45, 2.75) is 51.5 Å². The molecule has 0 bridgehead atoms. The largest absolute Gasteiger partial charge is 0.493 e. The van der Waals surface area contributed by atoms with Crippen molar-refractivity contribution in [3.63, 3.8) is 0 Å². The maximum absolute atomic E-state index is 5.56. The van der Waals surface area contributed by atoms with E-state index in [0.29, 0.717) is 0 Å². The van der Waals surface area contributed by atoms with Crippen LogP contribution in [0.3, 0.4) is 0 Å².